The minimum Gasteiger partial charge on any atom is -0.310 e. The van der Waals surface area contributed by atoms with Crippen LogP contribution in [0, 0.1) is 0 Å². The molecule has 1 aromatic heterocycles. The van der Waals surface area contributed by atoms with Crippen LogP contribution >= 0.6 is 11.3 Å². The molecule has 1 aliphatic carbocycles. The molecule has 0 amide bonds. The van der Waals surface area contributed by atoms with Gasteiger partial charge in [0, 0.05) is 42.5 Å². The minimum absolute atomic E-state index is 0.107. The average molecular weight is 720 g/mol. The summed E-state index contributed by atoms with van der Waals surface area (Å²) in [6.45, 7) is 4.72. The Labute approximate surface area is 325 Å². The molecule has 0 saturated carbocycles. The molecule has 2 heteroatoms. The molecule has 260 valence electrons. The number of hydrogen-bond acceptors (Lipinski definition) is 2. The topological polar surface area (TPSA) is 3.24 Å². The Morgan fingerprint density at radius 2 is 1.05 bits per heavy atom. The van der Waals surface area contributed by atoms with Gasteiger partial charge in [-0.15, -0.1) is 11.3 Å². The van der Waals surface area contributed by atoms with E-state index in [-0.39, 0.29) is 5.41 Å². The van der Waals surface area contributed by atoms with E-state index < -0.39 is 0 Å². The van der Waals surface area contributed by atoms with Crippen LogP contribution in [0.3, 0.4) is 0 Å². The molecule has 9 aromatic carbocycles. The first-order chi connectivity index (χ1) is 27.0. The van der Waals surface area contributed by atoms with E-state index >= 15 is 0 Å². The van der Waals surface area contributed by atoms with Gasteiger partial charge in [0.25, 0.3) is 0 Å². The molecule has 1 nitrogen and oxygen atoms in total. The lowest BCUT2D eigenvalue weighted by molar-refractivity contribution is 0.660. The first-order valence-corrected chi connectivity index (χ1v) is 19.9. The van der Waals surface area contributed by atoms with E-state index in [9.17, 15) is 0 Å². The quantitative estimate of drug-likeness (QED) is 0.171. The molecule has 55 heavy (non-hydrogen) atoms. The molecule has 1 aliphatic rings. The number of hydrogen-bond donors (Lipinski definition) is 0. The molecule has 0 spiro atoms. The van der Waals surface area contributed by atoms with Gasteiger partial charge in [-0.2, -0.15) is 0 Å². The Kier molecular flexibility index (Phi) is 7.14. The normalized spacial score (nSPS) is 13.1. The van der Waals surface area contributed by atoms with Crippen molar-refractivity contribution in [1.82, 2.24) is 0 Å². The van der Waals surface area contributed by atoms with Crippen LogP contribution in [0.15, 0.2) is 188 Å². The van der Waals surface area contributed by atoms with Crippen molar-refractivity contribution in [3.05, 3.63) is 199 Å². The van der Waals surface area contributed by atoms with Crippen LogP contribution in [0.4, 0.5) is 17.1 Å². The molecule has 11 rings (SSSR count). The first-order valence-electron chi connectivity index (χ1n) is 19.1. The maximum atomic E-state index is 2.46. The zero-order valence-corrected chi connectivity index (χ0v) is 31.6. The minimum atomic E-state index is -0.107. The maximum absolute atomic E-state index is 2.46. The summed E-state index contributed by atoms with van der Waals surface area (Å²) in [5.74, 6) is 0. The molecule has 0 fully saturated rings. The zero-order valence-electron chi connectivity index (χ0n) is 30.8. The van der Waals surface area contributed by atoms with Gasteiger partial charge in [-0.3, -0.25) is 0 Å². The Morgan fingerprint density at radius 1 is 0.382 bits per heavy atom. The highest BCUT2D eigenvalue weighted by molar-refractivity contribution is 7.25. The van der Waals surface area contributed by atoms with Gasteiger partial charge in [0.1, 0.15) is 0 Å². The van der Waals surface area contributed by atoms with Crippen LogP contribution in [-0.2, 0) is 5.41 Å². The smallest absolute Gasteiger partial charge is 0.0540 e. The highest BCUT2D eigenvalue weighted by Gasteiger charge is 2.36. The zero-order chi connectivity index (χ0) is 36.7. The van der Waals surface area contributed by atoms with Gasteiger partial charge in [0.2, 0.25) is 0 Å². The van der Waals surface area contributed by atoms with Crippen molar-refractivity contribution >= 4 is 70.1 Å². The standard InChI is InChI=1S/C53H37NS/c1-53(2)48-19-8-5-15-43(48)44-29-28-40(33-49(44)53)54(50-20-9-6-16-45(50)42-18-11-13-35-12-3-4-14-41(35)42)39-26-24-34(25-27-39)36-22-23-37-31-47-46-17-7-10-21-51(46)55-52(47)32-38(37)30-36/h3-33H,1-2H3. The van der Waals surface area contributed by atoms with Crippen molar-refractivity contribution in [2.24, 2.45) is 0 Å². The lowest BCUT2D eigenvalue weighted by atomic mass is 9.82. The predicted octanol–water partition coefficient (Wildman–Crippen LogP) is 15.5. The first kappa shape index (κ1) is 32.0. The van der Waals surface area contributed by atoms with Gasteiger partial charge in [0.15, 0.2) is 0 Å². The molecule has 0 bridgehead atoms. The highest BCUT2D eigenvalue weighted by Crippen LogP contribution is 2.51. The van der Waals surface area contributed by atoms with Crippen LogP contribution in [0.1, 0.15) is 25.0 Å². The molecule has 0 unspecified atom stereocenters. The van der Waals surface area contributed by atoms with Crippen molar-refractivity contribution < 1.29 is 0 Å². The molecular formula is C53H37NS. The van der Waals surface area contributed by atoms with E-state index in [2.05, 4.69) is 207 Å². The largest absolute Gasteiger partial charge is 0.310 e. The van der Waals surface area contributed by atoms with Crippen LogP contribution in [0.25, 0.3) is 75.1 Å². The third kappa shape index (κ3) is 5.06. The Hall–Kier alpha value is -6.48. The van der Waals surface area contributed by atoms with Gasteiger partial charge >= 0.3 is 0 Å². The van der Waals surface area contributed by atoms with Crippen LogP contribution in [0.5, 0.6) is 0 Å². The van der Waals surface area contributed by atoms with E-state index in [1.54, 1.807) is 0 Å². The average Bonchev–Trinajstić information content (AvgIpc) is 3.71. The lowest BCUT2D eigenvalue weighted by Gasteiger charge is -2.30. The van der Waals surface area contributed by atoms with Gasteiger partial charge in [-0.05, 0) is 115 Å². The van der Waals surface area contributed by atoms with Gasteiger partial charge in [-0.1, -0.05) is 147 Å². The third-order valence-corrected chi connectivity index (χ3v) is 13.0. The summed E-state index contributed by atoms with van der Waals surface area (Å²) >= 11 is 1.88. The Balaban J connectivity index is 1.06. The second-order valence-electron chi connectivity index (χ2n) is 15.3. The summed E-state index contributed by atoms with van der Waals surface area (Å²) < 4.78 is 2.67. The van der Waals surface area contributed by atoms with Gasteiger partial charge in [0.05, 0.1) is 5.69 Å². The van der Waals surface area contributed by atoms with Gasteiger partial charge in [-0.25, -0.2) is 0 Å². The molecular weight excluding hydrogens is 683 g/mol. The van der Waals surface area contributed by atoms with Crippen molar-refractivity contribution in [3.8, 4) is 33.4 Å². The monoisotopic (exact) mass is 719 g/mol. The SMILES string of the molecule is CC1(C)c2ccccc2-c2ccc(N(c3ccc(-c4ccc5cc6c(cc5c4)sc4ccccc46)cc3)c3ccccc3-c3cccc4ccccc34)cc21. The van der Waals surface area contributed by atoms with Crippen molar-refractivity contribution in [1.29, 1.82) is 0 Å². The molecule has 1 heterocycles. The molecule has 10 aromatic rings. The number of anilines is 3. The lowest BCUT2D eigenvalue weighted by Crippen LogP contribution is -2.16. The molecule has 0 radical (unpaired) electrons. The number of thiophene rings is 1. The van der Waals surface area contributed by atoms with E-state index in [4.69, 9.17) is 0 Å². The van der Waals surface area contributed by atoms with Crippen LogP contribution in [-0.4, -0.2) is 0 Å². The Bertz CT molecular complexity index is 3120. The number of para-hydroxylation sites is 1. The fourth-order valence-electron chi connectivity index (χ4n) is 9.07. The highest BCUT2D eigenvalue weighted by atomic mass is 32.1. The summed E-state index contributed by atoms with van der Waals surface area (Å²) in [6, 6.07) is 69.7. The number of benzene rings is 9. The third-order valence-electron chi connectivity index (χ3n) is 11.8. The molecule has 0 N–H and O–H groups in total. The fourth-order valence-corrected chi connectivity index (χ4v) is 10.2. The maximum Gasteiger partial charge on any atom is 0.0540 e. The summed E-state index contributed by atoms with van der Waals surface area (Å²) in [5, 5.41) is 7.72. The summed E-state index contributed by atoms with van der Waals surface area (Å²) in [6.07, 6.45) is 0. The van der Waals surface area contributed by atoms with Crippen molar-refractivity contribution in [2.75, 3.05) is 4.90 Å². The summed E-state index contributed by atoms with van der Waals surface area (Å²) in [5.41, 5.74) is 13.6. The van der Waals surface area contributed by atoms with E-state index in [1.165, 1.54) is 86.2 Å². The predicted molar refractivity (Wildman–Crippen MR) is 237 cm³/mol. The van der Waals surface area contributed by atoms with E-state index in [0.717, 1.165) is 17.1 Å². The van der Waals surface area contributed by atoms with Crippen LogP contribution in [0.2, 0.25) is 0 Å². The van der Waals surface area contributed by atoms with Crippen molar-refractivity contribution in [3.63, 3.8) is 0 Å². The molecule has 0 atom stereocenters. The number of fused-ring (bicyclic) bond motifs is 8. The number of rotatable bonds is 5. The van der Waals surface area contributed by atoms with Gasteiger partial charge < -0.3 is 4.90 Å². The van der Waals surface area contributed by atoms with Crippen LogP contribution < -0.4 is 4.90 Å². The summed E-state index contributed by atoms with van der Waals surface area (Å²) in [7, 11) is 0. The van der Waals surface area contributed by atoms with E-state index in [0.29, 0.717) is 0 Å². The second kappa shape index (κ2) is 12.3. The summed E-state index contributed by atoms with van der Waals surface area (Å²) in [4.78, 5) is 2.46. The fraction of sp³-hybridized carbons (Fsp3) is 0.0566. The van der Waals surface area contributed by atoms with Crippen molar-refractivity contribution in [2.45, 2.75) is 19.3 Å². The molecule has 0 aliphatic heterocycles. The van der Waals surface area contributed by atoms with E-state index in [1.807, 2.05) is 11.3 Å². The second-order valence-corrected chi connectivity index (χ2v) is 16.4. The number of nitrogens with zero attached hydrogens (tertiary/aromatic N) is 1. The molecule has 0 saturated heterocycles. The Morgan fingerprint density at radius 3 is 1.95 bits per heavy atom.